The number of amides is 1. The first kappa shape index (κ1) is 27.4. The molecule has 1 fully saturated rings. The number of aliphatic hydroxyl groups excluding tert-OH is 1. The summed E-state index contributed by atoms with van der Waals surface area (Å²) in [7, 11) is 0. The van der Waals surface area contributed by atoms with E-state index in [2.05, 4.69) is 4.98 Å². The van der Waals surface area contributed by atoms with Crippen LogP contribution < -0.4 is 19.1 Å². The van der Waals surface area contributed by atoms with Crippen molar-refractivity contribution in [2.75, 3.05) is 18.1 Å². The van der Waals surface area contributed by atoms with Gasteiger partial charge in [0.1, 0.15) is 17.6 Å². The smallest absolute Gasteiger partial charge is 0.301 e. The van der Waals surface area contributed by atoms with Crippen LogP contribution in [-0.4, -0.2) is 46.9 Å². The molecule has 2 aliphatic heterocycles. The molecule has 0 bridgehead atoms. The second-order valence-corrected chi connectivity index (χ2v) is 10.6. The van der Waals surface area contributed by atoms with Crippen LogP contribution >= 0.6 is 11.3 Å². The fourth-order valence-corrected chi connectivity index (χ4v) is 6.11. The van der Waals surface area contributed by atoms with Gasteiger partial charge in [0.2, 0.25) is 0 Å². The van der Waals surface area contributed by atoms with E-state index >= 15 is 0 Å². The fourth-order valence-electron chi connectivity index (χ4n) is 5.12. The quantitative estimate of drug-likeness (QED) is 0.168. The third-order valence-electron chi connectivity index (χ3n) is 6.81. The van der Waals surface area contributed by atoms with Crippen LogP contribution in [0.5, 0.6) is 17.2 Å². The van der Waals surface area contributed by atoms with Gasteiger partial charge in [0, 0.05) is 18.9 Å². The number of aliphatic hydroxyl groups is 1. The highest BCUT2D eigenvalue weighted by atomic mass is 32.1. The third kappa shape index (κ3) is 4.72. The summed E-state index contributed by atoms with van der Waals surface area (Å²) < 4.78 is 17.3. The molecule has 208 valence electrons. The van der Waals surface area contributed by atoms with Gasteiger partial charge in [-0.25, -0.2) is 4.98 Å². The number of ketones is 2. The first-order chi connectivity index (χ1) is 19.1. The maximum absolute atomic E-state index is 13.6. The molecule has 0 aliphatic carbocycles. The molecule has 1 amide bonds. The molecule has 1 saturated heterocycles. The molecule has 0 saturated carbocycles. The summed E-state index contributed by atoms with van der Waals surface area (Å²) in [5.74, 6) is -0.512. The Morgan fingerprint density at radius 2 is 1.85 bits per heavy atom. The summed E-state index contributed by atoms with van der Waals surface area (Å²) in [4.78, 5) is 45.5. The lowest BCUT2D eigenvalue weighted by Crippen LogP contribution is -2.29. The summed E-state index contributed by atoms with van der Waals surface area (Å²) in [5.41, 5.74) is 2.20. The number of rotatable bonds is 8. The molecule has 5 rings (SSSR count). The van der Waals surface area contributed by atoms with Crippen LogP contribution in [0.15, 0.2) is 42.0 Å². The Morgan fingerprint density at radius 3 is 2.52 bits per heavy atom. The number of hydrogen-bond acceptors (Lipinski definition) is 9. The van der Waals surface area contributed by atoms with E-state index in [0.717, 1.165) is 22.6 Å². The minimum Gasteiger partial charge on any atom is -0.507 e. The Morgan fingerprint density at radius 1 is 1.12 bits per heavy atom. The van der Waals surface area contributed by atoms with Gasteiger partial charge in [-0.2, -0.15) is 0 Å². The van der Waals surface area contributed by atoms with Gasteiger partial charge < -0.3 is 19.3 Å². The number of ether oxygens (including phenoxy) is 3. The van der Waals surface area contributed by atoms with Crippen LogP contribution in [0, 0.1) is 6.92 Å². The summed E-state index contributed by atoms with van der Waals surface area (Å²) in [6.45, 7) is 9.55. The maximum Gasteiger partial charge on any atom is 0.301 e. The second-order valence-electron chi connectivity index (χ2n) is 9.66. The summed E-state index contributed by atoms with van der Waals surface area (Å²) in [6.07, 6.45) is 0.666. The zero-order chi connectivity index (χ0) is 28.7. The molecule has 0 spiro atoms. The van der Waals surface area contributed by atoms with Gasteiger partial charge >= 0.3 is 5.91 Å². The van der Waals surface area contributed by atoms with Crippen molar-refractivity contribution in [1.29, 1.82) is 0 Å². The number of aromatic nitrogens is 1. The molecule has 1 aromatic heterocycles. The minimum atomic E-state index is -1.02. The molecular weight excluding hydrogens is 532 g/mol. The van der Waals surface area contributed by atoms with Gasteiger partial charge in [0.05, 0.1) is 35.4 Å². The predicted octanol–water partition coefficient (Wildman–Crippen LogP) is 5.40. The molecule has 10 heteroatoms. The lowest BCUT2D eigenvalue weighted by atomic mass is 9.94. The van der Waals surface area contributed by atoms with Gasteiger partial charge in [0.25, 0.3) is 5.78 Å². The average molecular weight is 563 g/mol. The van der Waals surface area contributed by atoms with Gasteiger partial charge in [-0.3, -0.25) is 19.3 Å². The van der Waals surface area contributed by atoms with Crippen LogP contribution in [0.2, 0.25) is 0 Å². The molecule has 0 unspecified atom stereocenters. The predicted molar refractivity (Wildman–Crippen MR) is 151 cm³/mol. The molecule has 2 aromatic carbocycles. The van der Waals surface area contributed by atoms with Gasteiger partial charge in [-0.1, -0.05) is 17.4 Å². The average Bonchev–Trinajstić information content (AvgIpc) is 3.57. The molecule has 2 aliphatic rings. The number of aryl methyl sites for hydroxylation is 1. The van der Waals surface area contributed by atoms with E-state index in [1.165, 1.54) is 11.8 Å². The molecule has 3 heterocycles. The number of Topliss-reactive ketones (excluding diaryl/α,β-unsaturated/α-hetero) is 2. The first-order valence-electron chi connectivity index (χ1n) is 13.1. The first-order valence-corrected chi connectivity index (χ1v) is 13.9. The highest BCUT2D eigenvalue weighted by Gasteiger charge is 2.48. The lowest BCUT2D eigenvalue weighted by Gasteiger charge is -2.24. The molecule has 1 N–H and O–H groups in total. The van der Waals surface area contributed by atoms with Crippen molar-refractivity contribution in [3.8, 4) is 17.2 Å². The van der Waals surface area contributed by atoms with Crippen molar-refractivity contribution >= 4 is 39.7 Å². The second kappa shape index (κ2) is 10.8. The van der Waals surface area contributed by atoms with Crippen molar-refractivity contribution in [3.63, 3.8) is 0 Å². The Labute approximate surface area is 236 Å². The Kier molecular flexibility index (Phi) is 7.37. The van der Waals surface area contributed by atoms with E-state index in [4.69, 9.17) is 14.2 Å². The zero-order valence-electron chi connectivity index (χ0n) is 22.9. The summed E-state index contributed by atoms with van der Waals surface area (Å²) in [5, 5.41) is 11.8. The van der Waals surface area contributed by atoms with Crippen LogP contribution in [0.1, 0.15) is 65.8 Å². The Hall–Kier alpha value is -4.18. The number of anilines is 1. The fraction of sp³-hybridized carbons (Fsp3) is 0.333. The highest BCUT2D eigenvalue weighted by molar-refractivity contribution is 7.18. The number of carbonyl (C=O) groups is 3. The third-order valence-corrected chi connectivity index (χ3v) is 8.07. The molecule has 3 aromatic rings. The zero-order valence-corrected chi connectivity index (χ0v) is 23.8. The molecule has 9 nitrogen and oxygen atoms in total. The molecule has 0 radical (unpaired) electrons. The Bertz CT molecular complexity index is 1560. The van der Waals surface area contributed by atoms with E-state index in [0.29, 0.717) is 52.8 Å². The largest absolute Gasteiger partial charge is 0.507 e. The monoisotopic (exact) mass is 562 g/mol. The van der Waals surface area contributed by atoms with E-state index in [9.17, 15) is 19.5 Å². The number of fused-ring (bicyclic) bond motifs is 1. The molecule has 40 heavy (non-hydrogen) atoms. The van der Waals surface area contributed by atoms with Crippen molar-refractivity contribution < 1.29 is 33.7 Å². The topological polar surface area (TPSA) is 115 Å². The van der Waals surface area contributed by atoms with Crippen molar-refractivity contribution in [2.24, 2.45) is 0 Å². The highest BCUT2D eigenvalue weighted by Crippen LogP contribution is 2.46. The number of thiazole rings is 1. The van der Waals surface area contributed by atoms with Gasteiger partial charge in [-0.15, -0.1) is 0 Å². The van der Waals surface area contributed by atoms with E-state index in [1.807, 2.05) is 20.8 Å². The standard InChI is InChI=1S/C30H30N2O7S/c1-6-37-22-11-8-18(14-23(22)38-7-2)25-24(26(34)19-9-10-21-20(13-19)12-15(3)39-21)27(35)29(36)32(25)30-31-16(4)28(40-30)17(5)33/h8-11,13-15,25,34H,6-7,12H2,1-5H3/b26-24+/t15-,25+/m1/s1. The summed E-state index contributed by atoms with van der Waals surface area (Å²) >= 11 is 1.04. The van der Waals surface area contributed by atoms with E-state index in [1.54, 1.807) is 43.3 Å². The number of nitrogens with zero attached hydrogens (tertiary/aromatic N) is 2. The van der Waals surface area contributed by atoms with Crippen LogP contribution in [0.3, 0.4) is 0 Å². The van der Waals surface area contributed by atoms with Crippen LogP contribution in [0.25, 0.3) is 5.76 Å². The number of benzene rings is 2. The SMILES string of the molecule is CCOc1ccc([C@H]2/C(=C(\O)c3ccc4c(c3)C[C@@H](C)O4)C(=O)C(=O)N2c2nc(C)c(C(C)=O)s2)cc1OCC. The molecular formula is C30H30N2O7S. The van der Waals surface area contributed by atoms with Crippen LogP contribution in [-0.2, 0) is 16.0 Å². The Balaban J connectivity index is 1.71. The lowest BCUT2D eigenvalue weighted by molar-refractivity contribution is -0.132. The van der Waals surface area contributed by atoms with Crippen LogP contribution in [0.4, 0.5) is 5.13 Å². The maximum atomic E-state index is 13.6. The number of hydrogen-bond donors (Lipinski definition) is 1. The number of carbonyl (C=O) groups excluding carboxylic acids is 3. The molecule has 2 atom stereocenters. The van der Waals surface area contributed by atoms with E-state index < -0.39 is 17.7 Å². The van der Waals surface area contributed by atoms with Gasteiger partial charge in [0.15, 0.2) is 22.4 Å². The van der Waals surface area contributed by atoms with Crippen molar-refractivity contribution in [1.82, 2.24) is 4.98 Å². The minimum absolute atomic E-state index is 0.00225. The normalized spacial score (nSPS) is 19.5. The van der Waals surface area contributed by atoms with E-state index in [-0.39, 0.29) is 28.4 Å². The summed E-state index contributed by atoms with van der Waals surface area (Å²) in [6, 6.07) is 9.33. The van der Waals surface area contributed by atoms with Gasteiger partial charge in [-0.05, 0) is 69.2 Å². The van der Waals surface area contributed by atoms with Crippen molar-refractivity contribution in [3.05, 3.63) is 69.2 Å². The van der Waals surface area contributed by atoms with Crippen molar-refractivity contribution in [2.45, 2.75) is 53.2 Å².